The molecule has 0 unspecified atom stereocenters. The van der Waals surface area contributed by atoms with Crippen molar-refractivity contribution in [1.82, 2.24) is 14.5 Å². The number of nitrogens with one attached hydrogen (secondary N) is 1. The topological polar surface area (TPSA) is 76.9 Å². The van der Waals surface area contributed by atoms with Crippen LogP contribution < -0.4 is 10.9 Å². The summed E-state index contributed by atoms with van der Waals surface area (Å²) < 4.78 is 1.52. The number of aryl methyl sites for hydroxylation is 3. The molecule has 0 aliphatic heterocycles. The van der Waals surface area contributed by atoms with Crippen LogP contribution in [0.4, 0.5) is 5.69 Å². The SMILES string of the molecule is Cc1cc(C)cc(C(=O)Nc2cccc(-n3c(C)nc4ncccc4c3=O)c2)c1. The van der Waals surface area contributed by atoms with Crippen LogP contribution in [0.25, 0.3) is 16.7 Å². The minimum Gasteiger partial charge on any atom is -0.322 e. The maximum atomic E-state index is 13.0. The minimum absolute atomic E-state index is 0.196. The van der Waals surface area contributed by atoms with Crippen molar-refractivity contribution in [2.75, 3.05) is 5.32 Å². The second-order valence-electron chi connectivity index (χ2n) is 7.05. The van der Waals surface area contributed by atoms with Crippen molar-refractivity contribution in [2.45, 2.75) is 20.8 Å². The molecule has 6 nitrogen and oxygen atoms in total. The highest BCUT2D eigenvalue weighted by Gasteiger charge is 2.12. The first-order chi connectivity index (χ1) is 13.9. The number of aromatic nitrogens is 3. The standard InChI is InChI=1S/C23H20N4O2/c1-14-10-15(2)12-17(11-14)22(28)26-18-6-4-7-19(13-18)27-16(3)25-21-20(23(27)29)8-5-9-24-21/h4-13H,1-3H3,(H,26,28). The number of nitrogens with zero attached hydrogens (tertiary/aromatic N) is 3. The van der Waals surface area contributed by atoms with Gasteiger partial charge in [-0.05, 0) is 63.2 Å². The van der Waals surface area contributed by atoms with E-state index >= 15 is 0 Å². The van der Waals surface area contributed by atoms with Crippen LogP contribution in [0.2, 0.25) is 0 Å². The molecule has 0 aliphatic rings. The van der Waals surface area contributed by atoms with Crippen LogP contribution in [-0.2, 0) is 0 Å². The van der Waals surface area contributed by atoms with E-state index in [1.165, 1.54) is 4.57 Å². The van der Waals surface area contributed by atoms with E-state index in [0.717, 1.165) is 11.1 Å². The lowest BCUT2D eigenvalue weighted by Gasteiger charge is -2.12. The first kappa shape index (κ1) is 18.6. The van der Waals surface area contributed by atoms with Gasteiger partial charge in [0, 0.05) is 17.4 Å². The van der Waals surface area contributed by atoms with E-state index in [1.54, 1.807) is 43.5 Å². The average molecular weight is 384 g/mol. The van der Waals surface area contributed by atoms with Gasteiger partial charge < -0.3 is 5.32 Å². The van der Waals surface area contributed by atoms with E-state index < -0.39 is 0 Å². The molecule has 1 N–H and O–H groups in total. The number of pyridine rings is 1. The molecular formula is C23H20N4O2. The molecule has 2 aromatic carbocycles. The molecule has 0 saturated heterocycles. The summed E-state index contributed by atoms with van der Waals surface area (Å²) in [6.45, 7) is 5.68. The van der Waals surface area contributed by atoms with E-state index in [2.05, 4.69) is 15.3 Å². The zero-order valence-electron chi connectivity index (χ0n) is 16.4. The summed E-state index contributed by atoms with van der Waals surface area (Å²) in [4.78, 5) is 34.2. The Morgan fingerprint density at radius 2 is 1.72 bits per heavy atom. The Bertz CT molecular complexity index is 1290. The van der Waals surface area contributed by atoms with Crippen LogP contribution in [-0.4, -0.2) is 20.4 Å². The molecule has 144 valence electrons. The number of fused-ring (bicyclic) bond motifs is 1. The van der Waals surface area contributed by atoms with Gasteiger partial charge in [-0.25, -0.2) is 9.97 Å². The van der Waals surface area contributed by atoms with Crippen LogP contribution >= 0.6 is 0 Å². The number of rotatable bonds is 3. The second kappa shape index (κ2) is 7.31. The summed E-state index contributed by atoms with van der Waals surface area (Å²) in [5.74, 6) is 0.331. The largest absolute Gasteiger partial charge is 0.322 e. The van der Waals surface area contributed by atoms with Crippen molar-refractivity contribution in [2.24, 2.45) is 0 Å². The van der Waals surface area contributed by atoms with Crippen LogP contribution in [0.1, 0.15) is 27.3 Å². The lowest BCUT2D eigenvalue weighted by molar-refractivity contribution is 0.102. The molecule has 4 aromatic rings. The lowest BCUT2D eigenvalue weighted by Crippen LogP contribution is -2.22. The second-order valence-corrected chi connectivity index (χ2v) is 7.05. The van der Waals surface area contributed by atoms with Gasteiger partial charge in [-0.15, -0.1) is 0 Å². The highest BCUT2D eigenvalue weighted by molar-refractivity contribution is 6.04. The Balaban J connectivity index is 1.72. The molecule has 29 heavy (non-hydrogen) atoms. The fourth-order valence-corrected chi connectivity index (χ4v) is 3.46. The monoisotopic (exact) mass is 384 g/mol. The van der Waals surface area contributed by atoms with Crippen LogP contribution in [0.15, 0.2) is 65.6 Å². The van der Waals surface area contributed by atoms with E-state index in [9.17, 15) is 9.59 Å². The molecule has 0 aliphatic carbocycles. The number of anilines is 1. The van der Waals surface area contributed by atoms with Gasteiger partial charge in [0.1, 0.15) is 5.82 Å². The number of amides is 1. The van der Waals surface area contributed by atoms with E-state index in [4.69, 9.17) is 0 Å². The number of hydrogen-bond donors (Lipinski definition) is 1. The minimum atomic E-state index is -0.196. The van der Waals surface area contributed by atoms with Crippen molar-refractivity contribution in [3.63, 3.8) is 0 Å². The van der Waals surface area contributed by atoms with Crippen molar-refractivity contribution in [3.05, 3.63) is 93.7 Å². The number of hydrogen-bond acceptors (Lipinski definition) is 4. The van der Waals surface area contributed by atoms with E-state index in [-0.39, 0.29) is 11.5 Å². The normalized spacial score (nSPS) is 10.9. The Morgan fingerprint density at radius 1 is 0.966 bits per heavy atom. The summed E-state index contributed by atoms with van der Waals surface area (Å²) in [5.41, 5.74) is 4.11. The van der Waals surface area contributed by atoms with Gasteiger partial charge in [-0.2, -0.15) is 0 Å². The number of benzene rings is 2. The number of carbonyl (C=O) groups is 1. The van der Waals surface area contributed by atoms with Gasteiger partial charge in [0.2, 0.25) is 0 Å². The van der Waals surface area contributed by atoms with Crippen molar-refractivity contribution in [3.8, 4) is 5.69 Å². The molecule has 0 atom stereocenters. The van der Waals surface area contributed by atoms with Crippen LogP contribution in [0.3, 0.4) is 0 Å². The molecule has 6 heteroatoms. The third kappa shape index (κ3) is 3.65. The summed E-state index contributed by atoms with van der Waals surface area (Å²) in [6.07, 6.45) is 1.61. The van der Waals surface area contributed by atoms with E-state index in [0.29, 0.717) is 33.8 Å². The van der Waals surface area contributed by atoms with Gasteiger partial charge in [0.15, 0.2) is 5.65 Å². The predicted octanol–water partition coefficient (Wildman–Crippen LogP) is 3.96. The number of carbonyl (C=O) groups excluding carboxylic acids is 1. The fourth-order valence-electron chi connectivity index (χ4n) is 3.46. The maximum Gasteiger partial charge on any atom is 0.267 e. The molecule has 0 bridgehead atoms. The quantitative estimate of drug-likeness (QED) is 0.580. The zero-order valence-corrected chi connectivity index (χ0v) is 16.4. The molecule has 1 amide bonds. The third-order valence-electron chi connectivity index (χ3n) is 4.66. The predicted molar refractivity (Wildman–Crippen MR) is 114 cm³/mol. The molecular weight excluding hydrogens is 364 g/mol. The molecule has 2 aromatic heterocycles. The van der Waals surface area contributed by atoms with Crippen molar-refractivity contribution >= 4 is 22.6 Å². The van der Waals surface area contributed by atoms with Crippen molar-refractivity contribution in [1.29, 1.82) is 0 Å². The van der Waals surface area contributed by atoms with Gasteiger partial charge in [-0.1, -0.05) is 23.3 Å². The fraction of sp³-hybridized carbons (Fsp3) is 0.130. The molecule has 0 saturated carbocycles. The summed E-state index contributed by atoms with van der Waals surface area (Å²) in [5, 5.41) is 3.36. The van der Waals surface area contributed by atoms with Crippen molar-refractivity contribution < 1.29 is 4.79 Å². The first-order valence-corrected chi connectivity index (χ1v) is 9.27. The summed E-state index contributed by atoms with van der Waals surface area (Å²) >= 11 is 0. The Kier molecular flexibility index (Phi) is 4.68. The molecule has 0 spiro atoms. The molecule has 0 radical (unpaired) electrons. The Hall–Kier alpha value is -3.80. The highest BCUT2D eigenvalue weighted by Crippen LogP contribution is 2.18. The van der Waals surface area contributed by atoms with E-state index in [1.807, 2.05) is 38.1 Å². The third-order valence-corrected chi connectivity index (χ3v) is 4.66. The lowest BCUT2D eigenvalue weighted by atomic mass is 10.1. The smallest absolute Gasteiger partial charge is 0.267 e. The molecule has 0 fully saturated rings. The first-order valence-electron chi connectivity index (χ1n) is 9.27. The van der Waals surface area contributed by atoms with Gasteiger partial charge >= 0.3 is 0 Å². The van der Waals surface area contributed by atoms with Gasteiger partial charge in [0.25, 0.3) is 11.5 Å². The molecule has 4 rings (SSSR count). The highest BCUT2D eigenvalue weighted by atomic mass is 16.1. The van der Waals surface area contributed by atoms with Crippen LogP contribution in [0, 0.1) is 20.8 Å². The van der Waals surface area contributed by atoms with Crippen LogP contribution in [0.5, 0.6) is 0 Å². The van der Waals surface area contributed by atoms with Gasteiger partial charge in [-0.3, -0.25) is 14.2 Å². The van der Waals surface area contributed by atoms with Gasteiger partial charge in [0.05, 0.1) is 11.1 Å². The molecule has 2 heterocycles. The zero-order chi connectivity index (χ0) is 20.5. The Labute approximate surface area is 167 Å². The summed E-state index contributed by atoms with van der Waals surface area (Å²) in [7, 11) is 0. The Morgan fingerprint density at radius 3 is 2.48 bits per heavy atom. The summed E-state index contributed by atoms with van der Waals surface area (Å²) in [6, 6.07) is 16.3. The average Bonchev–Trinajstić information content (AvgIpc) is 2.67. The maximum absolute atomic E-state index is 13.0.